The summed E-state index contributed by atoms with van der Waals surface area (Å²) < 4.78 is 14.1. The van der Waals surface area contributed by atoms with Crippen LogP contribution in [-0.2, 0) is 17.1 Å². The van der Waals surface area contributed by atoms with E-state index in [1.807, 2.05) is 72.9 Å². The first-order valence-corrected chi connectivity index (χ1v) is 14.4. The van der Waals surface area contributed by atoms with Crippen LogP contribution in [0.4, 0.5) is 0 Å². The monoisotopic (exact) mass is 567 g/mol. The Morgan fingerprint density at radius 2 is 1.82 bits per heavy atom. The van der Waals surface area contributed by atoms with Gasteiger partial charge in [0.1, 0.15) is 18.1 Å². The number of fused-ring (bicyclic) bond motifs is 2. The Kier molecular flexibility index (Phi) is 7.43. The largest absolute Gasteiger partial charge is 0.497 e. The number of aromatic nitrogens is 1. The molecule has 1 N–H and O–H groups in total. The van der Waals surface area contributed by atoms with Gasteiger partial charge in [-0.15, -0.1) is 5.10 Å². The quantitative estimate of drug-likeness (QED) is 0.254. The average Bonchev–Trinajstić information content (AvgIpc) is 3.56. The normalized spacial score (nSPS) is 15.8. The van der Waals surface area contributed by atoms with Gasteiger partial charge in [-0.1, -0.05) is 66.4 Å². The van der Waals surface area contributed by atoms with Crippen LogP contribution in [0.1, 0.15) is 11.1 Å². The number of para-hydroxylation sites is 1. The van der Waals surface area contributed by atoms with Crippen molar-refractivity contribution in [1.82, 2.24) is 9.58 Å². The predicted octanol–water partition coefficient (Wildman–Crippen LogP) is 6.24. The summed E-state index contributed by atoms with van der Waals surface area (Å²) in [6.07, 6.45) is 3.72. The average molecular weight is 568 g/mol. The van der Waals surface area contributed by atoms with E-state index < -0.39 is 5.91 Å². The van der Waals surface area contributed by atoms with Crippen LogP contribution in [0.5, 0.6) is 11.5 Å². The maximum atomic E-state index is 13.0. The zero-order chi connectivity index (χ0) is 27.5. The minimum absolute atomic E-state index is 0.0241. The van der Waals surface area contributed by atoms with Crippen LogP contribution in [0.25, 0.3) is 17.0 Å². The SMILES string of the molecule is COc1cccc(OCCn2cc(/C=C3\C(=N)N4N=C(SCc5ccccc5)SC4=NC3=O)c3ccccc32)c1. The van der Waals surface area contributed by atoms with E-state index in [-0.39, 0.29) is 11.4 Å². The maximum Gasteiger partial charge on any atom is 0.283 e. The topological polar surface area (TPSA) is 92.3 Å². The molecule has 0 saturated heterocycles. The van der Waals surface area contributed by atoms with E-state index in [9.17, 15) is 4.79 Å². The van der Waals surface area contributed by atoms with E-state index in [1.165, 1.54) is 22.3 Å². The summed E-state index contributed by atoms with van der Waals surface area (Å²) in [6, 6.07) is 25.6. The highest BCUT2D eigenvalue weighted by molar-refractivity contribution is 8.45. The minimum Gasteiger partial charge on any atom is -0.497 e. The molecule has 0 fully saturated rings. The van der Waals surface area contributed by atoms with Gasteiger partial charge >= 0.3 is 0 Å². The molecule has 1 amide bonds. The van der Waals surface area contributed by atoms with Crippen molar-refractivity contribution in [1.29, 1.82) is 5.41 Å². The van der Waals surface area contributed by atoms with Crippen molar-refractivity contribution in [3.63, 3.8) is 0 Å². The Hall–Kier alpha value is -4.28. The van der Waals surface area contributed by atoms with Crippen LogP contribution in [-0.4, -0.2) is 44.6 Å². The third kappa shape index (κ3) is 5.41. The number of nitrogens with one attached hydrogen (secondary N) is 1. The van der Waals surface area contributed by atoms with Crippen LogP contribution in [0, 0.1) is 5.41 Å². The summed E-state index contributed by atoms with van der Waals surface area (Å²) in [4.78, 5) is 17.3. The number of thioether (sulfide) groups is 2. The summed E-state index contributed by atoms with van der Waals surface area (Å²) >= 11 is 2.89. The summed E-state index contributed by atoms with van der Waals surface area (Å²) in [5, 5.41) is 16.2. The number of carbonyl (C=O) groups is 1. The number of hydrazone groups is 1. The van der Waals surface area contributed by atoms with E-state index in [0.29, 0.717) is 18.3 Å². The fourth-order valence-electron chi connectivity index (χ4n) is 4.44. The Morgan fingerprint density at radius 1 is 1.02 bits per heavy atom. The zero-order valence-electron chi connectivity index (χ0n) is 21.6. The van der Waals surface area contributed by atoms with Crippen molar-refractivity contribution in [3.05, 3.63) is 102 Å². The van der Waals surface area contributed by atoms with Crippen molar-refractivity contribution >= 4 is 61.8 Å². The van der Waals surface area contributed by atoms with Gasteiger partial charge < -0.3 is 14.0 Å². The first kappa shape index (κ1) is 26.0. The zero-order valence-corrected chi connectivity index (χ0v) is 23.2. The molecule has 0 bridgehead atoms. The van der Waals surface area contributed by atoms with Gasteiger partial charge in [-0.05, 0) is 41.6 Å². The summed E-state index contributed by atoms with van der Waals surface area (Å²) in [6.45, 7) is 1.05. The first-order chi connectivity index (χ1) is 19.6. The molecule has 200 valence electrons. The number of benzene rings is 3. The molecule has 8 nitrogen and oxygen atoms in total. The Labute approximate surface area is 239 Å². The third-order valence-corrected chi connectivity index (χ3v) is 8.52. The lowest BCUT2D eigenvalue weighted by Gasteiger charge is -2.20. The lowest BCUT2D eigenvalue weighted by Crippen LogP contribution is -2.35. The number of hydrogen-bond acceptors (Lipinski definition) is 7. The molecule has 3 aromatic carbocycles. The van der Waals surface area contributed by atoms with Crippen molar-refractivity contribution in [2.24, 2.45) is 10.1 Å². The molecule has 6 rings (SSSR count). The second-order valence-corrected chi connectivity index (χ2v) is 11.2. The highest BCUT2D eigenvalue weighted by Crippen LogP contribution is 2.34. The van der Waals surface area contributed by atoms with Gasteiger partial charge in [-0.3, -0.25) is 10.2 Å². The molecular weight excluding hydrogens is 542 g/mol. The smallest absolute Gasteiger partial charge is 0.283 e. The molecular formula is C30H25N5O3S2. The van der Waals surface area contributed by atoms with Crippen molar-refractivity contribution < 1.29 is 14.3 Å². The Morgan fingerprint density at radius 3 is 2.67 bits per heavy atom. The number of methoxy groups -OCH3 is 1. The predicted molar refractivity (Wildman–Crippen MR) is 163 cm³/mol. The van der Waals surface area contributed by atoms with E-state index in [1.54, 1.807) is 24.9 Å². The molecule has 1 aromatic heterocycles. The highest BCUT2D eigenvalue weighted by Gasteiger charge is 2.36. The van der Waals surface area contributed by atoms with Crippen LogP contribution < -0.4 is 9.47 Å². The molecule has 40 heavy (non-hydrogen) atoms. The molecule has 0 unspecified atom stereocenters. The molecule has 10 heteroatoms. The number of rotatable bonds is 8. The summed E-state index contributed by atoms with van der Waals surface area (Å²) in [7, 11) is 1.63. The molecule has 2 aliphatic heterocycles. The lowest BCUT2D eigenvalue weighted by molar-refractivity contribution is -0.114. The Balaban J connectivity index is 1.21. The van der Waals surface area contributed by atoms with Gasteiger partial charge in [0, 0.05) is 34.5 Å². The van der Waals surface area contributed by atoms with Gasteiger partial charge in [0.15, 0.2) is 10.2 Å². The fraction of sp³-hybridized carbons (Fsp3) is 0.133. The van der Waals surface area contributed by atoms with Gasteiger partial charge in [-0.25, -0.2) is 0 Å². The number of amides is 1. The number of amidine groups is 2. The molecule has 0 atom stereocenters. The molecule has 0 aliphatic carbocycles. The van der Waals surface area contributed by atoms with E-state index in [4.69, 9.17) is 14.9 Å². The molecule has 4 aromatic rings. The number of hydrogen-bond donors (Lipinski definition) is 1. The van der Waals surface area contributed by atoms with E-state index in [2.05, 4.69) is 26.8 Å². The maximum absolute atomic E-state index is 13.0. The fourth-order valence-corrected chi connectivity index (χ4v) is 6.32. The number of carbonyl (C=O) groups excluding carboxylic acids is 1. The molecule has 2 aliphatic rings. The number of ether oxygens (including phenoxy) is 2. The van der Waals surface area contributed by atoms with Gasteiger partial charge in [-0.2, -0.15) is 10.0 Å². The summed E-state index contributed by atoms with van der Waals surface area (Å²) in [5.74, 6) is 1.81. The van der Waals surface area contributed by atoms with Gasteiger partial charge in [0.2, 0.25) is 5.17 Å². The third-order valence-electron chi connectivity index (χ3n) is 6.40. The lowest BCUT2D eigenvalue weighted by atomic mass is 10.1. The van der Waals surface area contributed by atoms with Gasteiger partial charge in [0.05, 0.1) is 19.2 Å². The van der Waals surface area contributed by atoms with Crippen molar-refractivity contribution in [2.75, 3.05) is 13.7 Å². The highest BCUT2D eigenvalue weighted by atomic mass is 32.2. The second kappa shape index (κ2) is 11.4. The minimum atomic E-state index is -0.438. The molecule has 0 spiro atoms. The second-order valence-electron chi connectivity index (χ2n) is 8.98. The molecule has 0 radical (unpaired) electrons. The van der Waals surface area contributed by atoms with Crippen LogP contribution in [0.15, 0.2) is 101 Å². The first-order valence-electron chi connectivity index (χ1n) is 12.6. The summed E-state index contributed by atoms with van der Waals surface area (Å²) in [5.41, 5.74) is 3.23. The molecule has 3 heterocycles. The van der Waals surface area contributed by atoms with Crippen molar-refractivity contribution in [2.45, 2.75) is 12.3 Å². The van der Waals surface area contributed by atoms with E-state index in [0.717, 1.165) is 38.1 Å². The standard InChI is InChI=1S/C30H25N5O3S2/c1-37-22-10-7-11-23(17-22)38-15-14-34-18-21(24-12-5-6-13-26(24)34)16-25-27(31)35-29(32-28(25)36)40-30(33-35)39-19-20-8-3-2-4-9-20/h2-13,16-18,31H,14-15,19H2,1H3/b25-16+,31-27?. The van der Waals surface area contributed by atoms with E-state index >= 15 is 0 Å². The number of aliphatic imine (C=N–C) groups is 1. The Bertz CT molecular complexity index is 1690. The number of nitrogens with zero attached hydrogens (tertiary/aromatic N) is 4. The van der Waals surface area contributed by atoms with Crippen LogP contribution in [0.3, 0.4) is 0 Å². The van der Waals surface area contributed by atoms with Crippen molar-refractivity contribution in [3.8, 4) is 11.5 Å². The van der Waals surface area contributed by atoms with Gasteiger partial charge in [0.25, 0.3) is 5.91 Å². The van der Waals surface area contributed by atoms with Crippen LogP contribution in [0.2, 0.25) is 0 Å². The molecule has 0 saturated carbocycles. The van der Waals surface area contributed by atoms with Crippen LogP contribution >= 0.6 is 23.5 Å².